The van der Waals surface area contributed by atoms with Gasteiger partial charge < -0.3 is 9.84 Å². The van der Waals surface area contributed by atoms with Gasteiger partial charge in [-0.1, -0.05) is 54.4 Å². The molecule has 3 rings (SSSR count). The number of hydrogen-bond donors (Lipinski definition) is 1. The van der Waals surface area contributed by atoms with Gasteiger partial charge in [-0.2, -0.15) is 13.2 Å². The van der Waals surface area contributed by atoms with Crippen LogP contribution in [0.3, 0.4) is 0 Å². The lowest BCUT2D eigenvalue weighted by atomic mass is 9.78. The number of methoxy groups -OCH3 is 1. The first-order valence-corrected chi connectivity index (χ1v) is 9.68. The number of aromatic nitrogens is 1. The van der Waals surface area contributed by atoms with Gasteiger partial charge in [0.15, 0.2) is 5.60 Å². The molecule has 0 fully saturated rings. The van der Waals surface area contributed by atoms with Crippen LogP contribution >= 0.6 is 23.2 Å². The number of aliphatic hydroxyl groups is 1. The summed E-state index contributed by atoms with van der Waals surface area (Å²) in [7, 11) is 1.35. The van der Waals surface area contributed by atoms with Crippen molar-refractivity contribution in [3.05, 3.63) is 82.0 Å². The average Bonchev–Trinajstić information content (AvgIpc) is 2.72. The lowest BCUT2D eigenvalue weighted by Crippen LogP contribution is -2.46. The molecule has 2 aromatic carbocycles. The maximum atomic E-state index is 14.1. The Morgan fingerprint density at radius 3 is 2.23 bits per heavy atom. The SMILES string of the molecule is COc1ccc(C(O)(C(C)c2ccc(-c3cccc(Cl)c3)cc2Cl)C(F)(F)F)cn1. The smallest absolute Gasteiger partial charge is 0.422 e. The number of nitrogens with zero attached hydrogens (tertiary/aromatic N) is 1. The predicted octanol–water partition coefficient (Wildman–Crippen LogP) is 6.62. The third-order valence-electron chi connectivity index (χ3n) is 5.07. The van der Waals surface area contributed by atoms with E-state index in [9.17, 15) is 18.3 Å². The molecule has 0 aliphatic heterocycles. The van der Waals surface area contributed by atoms with Crippen LogP contribution in [0.4, 0.5) is 13.2 Å². The Bertz CT molecular complexity index is 1040. The van der Waals surface area contributed by atoms with E-state index in [4.69, 9.17) is 27.9 Å². The summed E-state index contributed by atoms with van der Waals surface area (Å²) in [6.07, 6.45) is -4.02. The molecule has 3 aromatic rings. The fourth-order valence-electron chi connectivity index (χ4n) is 3.34. The molecular formula is C22H18Cl2F3NO2. The quantitative estimate of drug-likeness (QED) is 0.470. The second kappa shape index (κ2) is 8.46. The first-order chi connectivity index (χ1) is 14.1. The molecule has 0 saturated carbocycles. The van der Waals surface area contributed by atoms with Crippen molar-refractivity contribution in [1.82, 2.24) is 4.98 Å². The summed E-state index contributed by atoms with van der Waals surface area (Å²) in [5.74, 6) is -1.27. The molecule has 2 atom stereocenters. The standard InChI is InChI=1S/C22H18Cl2F3NO2/c1-13(21(29,22(25,26)27)16-7-9-20(30-2)28-12-16)18-8-6-15(11-19(18)24)14-4-3-5-17(23)10-14/h3-13,29H,1-2H3. The zero-order chi connectivity index (χ0) is 22.1. The van der Waals surface area contributed by atoms with Crippen molar-refractivity contribution in [3.8, 4) is 17.0 Å². The Hall–Kier alpha value is -2.28. The molecule has 1 heterocycles. The van der Waals surface area contributed by atoms with Crippen LogP contribution in [-0.4, -0.2) is 23.4 Å². The fraction of sp³-hybridized carbons (Fsp3) is 0.227. The van der Waals surface area contributed by atoms with E-state index in [1.54, 1.807) is 30.3 Å². The van der Waals surface area contributed by atoms with Crippen molar-refractivity contribution in [2.24, 2.45) is 0 Å². The topological polar surface area (TPSA) is 42.4 Å². The Balaban J connectivity index is 2.05. The minimum Gasteiger partial charge on any atom is -0.481 e. The summed E-state index contributed by atoms with van der Waals surface area (Å²) in [5, 5.41) is 11.5. The molecule has 1 aromatic heterocycles. The molecule has 0 spiro atoms. The van der Waals surface area contributed by atoms with Crippen LogP contribution < -0.4 is 4.74 Å². The monoisotopic (exact) mass is 455 g/mol. The van der Waals surface area contributed by atoms with E-state index in [-0.39, 0.29) is 16.5 Å². The van der Waals surface area contributed by atoms with Crippen molar-refractivity contribution in [2.45, 2.75) is 24.6 Å². The number of benzene rings is 2. The highest BCUT2D eigenvalue weighted by Gasteiger charge is 2.59. The highest BCUT2D eigenvalue weighted by atomic mass is 35.5. The molecule has 0 aliphatic rings. The molecule has 1 N–H and O–H groups in total. The Morgan fingerprint density at radius 1 is 1.00 bits per heavy atom. The molecule has 0 saturated heterocycles. The minimum absolute atomic E-state index is 0.101. The van der Waals surface area contributed by atoms with Gasteiger partial charge in [-0.05, 0) is 41.0 Å². The van der Waals surface area contributed by atoms with Crippen LogP contribution in [0, 0.1) is 0 Å². The molecule has 2 unspecified atom stereocenters. The zero-order valence-corrected chi connectivity index (χ0v) is 17.6. The molecule has 158 valence electrons. The van der Waals surface area contributed by atoms with Gasteiger partial charge in [-0.25, -0.2) is 4.98 Å². The van der Waals surface area contributed by atoms with Crippen LogP contribution in [0.25, 0.3) is 11.1 Å². The molecule has 0 amide bonds. The molecule has 0 radical (unpaired) electrons. The number of rotatable bonds is 5. The van der Waals surface area contributed by atoms with E-state index in [2.05, 4.69) is 4.98 Å². The van der Waals surface area contributed by atoms with Gasteiger partial charge >= 0.3 is 6.18 Å². The molecule has 3 nitrogen and oxygen atoms in total. The van der Waals surface area contributed by atoms with Crippen molar-refractivity contribution in [3.63, 3.8) is 0 Å². The lowest BCUT2D eigenvalue weighted by Gasteiger charge is -2.36. The van der Waals surface area contributed by atoms with Gasteiger partial charge in [0.25, 0.3) is 0 Å². The summed E-state index contributed by atoms with van der Waals surface area (Å²) >= 11 is 12.4. The van der Waals surface area contributed by atoms with Gasteiger partial charge in [0.2, 0.25) is 5.88 Å². The number of pyridine rings is 1. The number of halogens is 5. The summed E-state index contributed by atoms with van der Waals surface area (Å²) in [5.41, 5.74) is -1.99. The van der Waals surface area contributed by atoms with Gasteiger partial charge in [0.1, 0.15) is 0 Å². The summed E-state index contributed by atoms with van der Waals surface area (Å²) in [4.78, 5) is 3.81. The molecular weight excluding hydrogens is 438 g/mol. The highest BCUT2D eigenvalue weighted by molar-refractivity contribution is 6.32. The zero-order valence-electron chi connectivity index (χ0n) is 16.0. The minimum atomic E-state index is -4.97. The van der Waals surface area contributed by atoms with Gasteiger partial charge in [0, 0.05) is 33.8 Å². The van der Waals surface area contributed by atoms with Gasteiger partial charge in [-0.3, -0.25) is 0 Å². The first kappa shape index (κ1) is 22.4. The third-order valence-corrected chi connectivity index (χ3v) is 5.63. The fourth-order valence-corrected chi connectivity index (χ4v) is 3.87. The number of alkyl halides is 3. The van der Waals surface area contributed by atoms with Crippen LogP contribution in [0.2, 0.25) is 10.0 Å². The summed E-state index contributed by atoms with van der Waals surface area (Å²) in [6, 6.07) is 14.1. The molecule has 30 heavy (non-hydrogen) atoms. The van der Waals surface area contributed by atoms with Crippen LogP contribution in [0.5, 0.6) is 5.88 Å². The van der Waals surface area contributed by atoms with Crippen molar-refractivity contribution in [2.75, 3.05) is 7.11 Å². The van der Waals surface area contributed by atoms with Gasteiger partial charge in [-0.15, -0.1) is 0 Å². The van der Waals surface area contributed by atoms with Crippen LogP contribution in [-0.2, 0) is 5.60 Å². The van der Waals surface area contributed by atoms with Crippen LogP contribution in [0.15, 0.2) is 60.8 Å². The third kappa shape index (κ3) is 4.13. The second-order valence-corrected chi connectivity index (χ2v) is 7.67. The predicted molar refractivity (Wildman–Crippen MR) is 111 cm³/mol. The Morgan fingerprint density at radius 2 is 1.70 bits per heavy atom. The maximum absolute atomic E-state index is 14.1. The van der Waals surface area contributed by atoms with E-state index in [1.165, 1.54) is 26.2 Å². The Kier molecular flexibility index (Phi) is 6.32. The normalized spacial score (nSPS) is 14.8. The van der Waals surface area contributed by atoms with Crippen LogP contribution in [0.1, 0.15) is 24.0 Å². The van der Waals surface area contributed by atoms with E-state index in [0.717, 1.165) is 17.8 Å². The van der Waals surface area contributed by atoms with Crippen molar-refractivity contribution < 1.29 is 23.0 Å². The first-order valence-electron chi connectivity index (χ1n) is 8.93. The van der Waals surface area contributed by atoms with E-state index in [0.29, 0.717) is 10.6 Å². The Labute approximate surface area is 182 Å². The molecule has 8 heteroatoms. The number of hydrogen-bond acceptors (Lipinski definition) is 3. The van der Waals surface area contributed by atoms with Crippen molar-refractivity contribution in [1.29, 1.82) is 0 Å². The van der Waals surface area contributed by atoms with E-state index < -0.39 is 23.3 Å². The number of ether oxygens (including phenoxy) is 1. The molecule has 0 aliphatic carbocycles. The summed E-state index contributed by atoms with van der Waals surface area (Å²) < 4.78 is 47.1. The molecule has 0 bridgehead atoms. The lowest BCUT2D eigenvalue weighted by molar-refractivity contribution is -0.274. The van der Waals surface area contributed by atoms with E-state index >= 15 is 0 Å². The van der Waals surface area contributed by atoms with Gasteiger partial charge in [0.05, 0.1) is 7.11 Å². The largest absolute Gasteiger partial charge is 0.481 e. The van der Waals surface area contributed by atoms with E-state index in [1.807, 2.05) is 6.07 Å². The maximum Gasteiger partial charge on any atom is 0.422 e. The summed E-state index contributed by atoms with van der Waals surface area (Å²) in [6.45, 7) is 1.28. The van der Waals surface area contributed by atoms with Crippen molar-refractivity contribution >= 4 is 23.2 Å². The average molecular weight is 456 g/mol. The second-order valence-electron chi connectivity index (χ2n) is 6.82. The highest BCUT2D eigenvalue weighted by Crippen LogP contribution is 2.50.